The molecule has 0 radical (unpaired) electrons. The third-order valence-electron chi connectivity index (χ3n) is 2.77. The fourth-order valence-corrected chi connectivity index (χ4v) is 3.31. The number of carbonyl (C=O) groups excluding carboxylic acids is 1. The molecule has 1 aliphatic heterocycles. The molecular formula is C11H12BrN3OS. The van der Waals surface area contributed by atoms with Crippen LogP contribution in [0.4, 0.5) is 0 Å². The molecule has 1 saturated heterocycles. The Morgan fingerprint density at radius 1 is 1.47 bits per heavy atom. The second kappa shape index (κ2) is 5.63. The molecule has 0 aliphatic carbocycles. The summed E-state index contributed by atoms with van der Waals surface area (Å²) in [6, 6.07) is 4.03. The highest BCUT2D eigenvalue weighted by Gasteiger charge is 2.23. The molecule has 17 heavy (non-hydrogen) atoms. The number of nitrogens with zero attached hydrogens (tertiary/aromatic N) is 3. The Morgan fingerprint density at radius 3 is 2.71 bits per heavy atom. The number of amides is 1. The molecule has 1 fully saturated rings. The van der Waals surface area contributed by atoms with Crippen molar-refractivity contribution in [3.8, 4) is 6.07 Å². The van der Waals surface area contributed by atoms with Crippen LogP contribution in [-0.2, 0) is 0 Å². The molecule has 1 amide bonds. The van der Waals surface area contributed by atoms with Crippen LogP contribution in [0.2, 0.25) is 0 Å². The van der Waals surface area contributed by atoms with Crippen LogP contribution in [0.25, 0.3) is 0 Å². The molecular weight excluding hydrogens is 302 g/mol. The van der Waals surface area contributed by atoms with Gasteiger partial charge in [0.05, 0.1) is 12.6 Å². The lowest BCUT2D eigenvalue weighted by Gasteiger charge is -2.33. The third-order valence-corrected chi connectivity index (χ3v) is 4.59. The van der Waals surface area contributed by atoms with Gasteiger partial charge in [0.2, 0.25) is 0 Å². The van der Waals surface area contributed by atoms with Gasteiger partial charge in [0.1, 0.15) is 4.88 Å². The summed E-state index contributed by atoms with van der Waals surface area (Å²) in [5.74, 6) is 0.0866. The fraction of sp³-hybridized carbons (Fsp3) is 0.455. The van der Waals surface area contributed by atoms with Crippen molar-refractivity contribution < 1.29 is 4.79 Å². The number of piperazine rings is 1. The largest absolute Gasteiger partial charge is 0.335 e. The average molecular weight is 314 g/mol. The van der Waals surface area contributed by atoms with E-state index in [0.717, 1.165) is 22.4 Å². The minimum absolute atomic E-state index is 0.0866. The van der Waals surface area contributed by atoms with Crippen molar-refractivity contribution in [2.75, 3.05) is 32.7 Å². The molecule has 2 heterocycles. The number of carbonyl (C=O) groups is 1. The summed E-state index contributed by atoms with van der Waals surface area (Å²) in [6.07, 6.45) is 0. The zero-order valence-corrected chi connectivity index (χ0v) is 11.6. The van der Waals surface area contributed by atoms with E-state index in [9.17, 15) is 4.79 Å². The molecule has 0 bridgehead atoms. The molecule has 1 aromatic rings. The van der Waals surface area contributed by atoms with Crippen LogP contribution in [-0.4, -0.2) is 48.4 Å². The molecule has 2 rings (SSSR count). The highest BCUT2D eigenvalue weighted by atomic mass is 79.9. The van der Waals surface area contributed by atoms with E-state index in [1.54, 1.807) is 0 Å². The highest BCUT2D eigenvalue weighted by molar-refractivity contribution is 9.10. The molecule has 90 valence electrons. The van der Waals surface area contributed by atoms with E-state index in [1.807, 2.05) is 16.3 Å². The molecule has 0 saturated carbocycles. The standard InChI is InChI=1S/C11H12BrN3OS/c12-9-1-8-17-10(9)11(16)15-6-4-14(3-2-13)5-7-15/h1,8H,3-7H2. The van der Waals surface area contributed by atoms with Gasteiger partial charge in [-0.3, -0.25) is 9.69 Å². The van der Waals surface area contributed by atoms with Crippen molar-refractivity contribution in [3.63, 3.8) is 0 Å². The predicted octanol–water partition coefficient (Wildman–Crippen LogP) is 1.79. The van der Waals surface area contributed by atoms with Gasteiger partial charge in [-0.15, -0.1) is 11.3 Å². The topological polar surface area (TPSA) is 47.3 Å². The summed E-state index contributed by atoms with van der Waals surface area (Å²) in [5, 5.41) is 10.5. The first-order valence-electron chi connectivity index (χ1n) is 5.34. The van der Waals surface area contributed by atoms with E-state index < -0.39 is 0 Å². The quantitative estimate of drug-likeness (QED) is 0.782. The average Bonchev–Trinajstić information content (AvgIpc) is 2.76. The van der Waals surface area contributed by atoms with Crippen molar-refractivity contribution >= 4 is 33.2 Å². The molecule has 0 atom stereocenters. The van der Waals surface area contributed by atoms with E-state index in [-0.39, 0.29) is 5.91 Å². The maximum Gasteiger partial charge on any atom is 0.265 e. The van der Waals surface area contributed by atoms with E-state index in [0.29, 0.717) is 19.6 Å². The van der Waals surface area contributed by atoms with Gasteiger partial charge in [0, 0.05) is 30.7 Å². The number of halogens is 1. The number of hydrogen-bond donors (Lipinski definition) is 0. The van der Waals surface area contributed by atoms with Crippen LogP contribution >= 0.6 is 27.3 Å². The summed E-state index contributed by atoms with van der Waals surface area (Å²) in [4.78, 5) is 16.8. The van der Waals surface area contributed by atoms with Gasteiger partial charge in [-0.05, 0) is 27.4 Å². The normalized spacial score (nSPS) is 16.8. The van der Waals surface area contributed by atoms with Crippen LogP contribution in [0.5, 0.6) is 0 Å². The van der Waals surface area contributed by atoms with Crippen molar-refractivity contribution in [3.05, 3.63) is 20.8 Å². The first-order valence-corrected chi connectivity index (χ1v) is 7.01. The van der Waals surface area contributed by atoms with Crippen molar-refractivity contribution in [2.24, 2.45) is 0 Å². The van der Waals surface area contributed by atoms with Crippen LogP contribution in [0.1, 0.15) is 9.67 Å². The van der Waals surface area contributed by atoms with E-state index in [1.165, 1.54) is 11.3 Å². The van der Waals surface area contributed by atoms with Gasteiger partial charge < -0.3 is 4.90 Å². The number of hydrogen-bond acceptors (Lipinski definition) is 4. The molecule has 0 spiro atoms. The lowest BCUT2D eigenvalue weighted by molar-refractivity contribution is 0.0656. The molecule has 4 nitrogen and oxygen atoms in total. The first-order chi connectivity index (χ1) is 8.22. The smallest absolute Gasteiger partial charge is 0.265 e. The fourth-order valence-electron chi connectivity index (χ4n) is 1.80. The first kappa shape index (κ1) is 12.6. The number of rotatable bonds is 2. The van der Waals surface area contributed by atoms with E-state index >= 15 is 0 Å². The maximum atomic E-state index is 12.2. The predicted molar refractivity (Wildman–Crippen MR) is 70.0 cm³/mol. The minimum atomic E-state index is 0.0866. The second-order valence-electron chi connectivity index (χ2n) is 3.82. The van der Waals surface area contributed by atoms with Crippen LogP contribution in [0.15, 0.2) is 15.9 Å². The Bertz CT molecular complexity index is 446. The van der Waals surface area contributed by atoms with Gasteiger partial charge in [-0.1, -0.05) is 0 Å². The van der Waals surface area contributed by atoms with Crippen LogP contribution < -0.4 is 0 Å². The van der Waals surface area contributed by atoms with Gasteiger partial charge >= 0.3 is 0 Å². The molecule has 1 aromatic heterocycles. The highest BCUT2D eigenvalue weighted by Crippen LogP contribution is 2.24. The van der Waals surface area contributed by atoms with Crippen molar-refractivity contribution in [1.82, 2.24) is 9.80 Å². The molecule has 0 aromatic carbocycles. The van der Waals surface area contributed by atoms with Crippen LogP contribution in [0, 0.1) is 11.3 Å². The number of nitriles is 1. The Balaban J connectivity index is 1.96. The summed E-state index contributed by atoms with van der Waals surface area (Å²) in [6.45, 7) is 3.41. The SMILES string of the molecule is N#CCN1CCN(C(=O)c2sccc2Br)CC1. The maximum absolute atomic E-state index is 12.2. The summed E-state index contributed by atoms with van der Waals surface area (Å²) >= 11 is 4.84. The van der Waals surface area contributed by atoms with Gasteiger partial charge in [0.15, 0.2) is 0 Å². The van der Waals surface area contributed by atoms with Gasteiger partial charge in [-0.2, -0.15) is 5.26 Å². The Labute approximate surface area is 113 Å². The lowest BCUT2D eigenvalue weighted by Crippen LogP contribution is -2.48. The zero-order valence-electron chi connectivity index (χ0n) is 9.23. The summed E-state index contributed by atoms with van der Waals surface area (Å²) < 4.78 is 0.868. The molecule has 0 unspecified atom stereocenters. The summed E-state index contributed by atoms with van der Waals surface area (Å²) in [7, 11) is 0. The van der Waals surface area contributed by atoms with Gasteiger partial charge in [-0.25, -0.2) is 0 Å². The Morgan fingerprint density at radius 2 is 2.18 bits per heavy atom. The summed E-state index contributed by atoms with van der Waals surface area (Å²) in [5.41, 5.74) is 0. The monoisotopic (exact) mass is 313 g/mol. The molecule has 0 N–H and O–H groups in total. The third kappa shape index (κ3) is 2.86. The Hall–Kier alpha value is -0.900. The van der Waals surface area contributed by atoms with Crippen molar-refractivity contribution in [1.29, 1.82) is 5.26 Å². The van der Waals surface area contributed by atoms with Crippen LogP contribution in [0.3, 0.4) is 0 Å². The Kier molecular flexibility index (Phi) is 4.15. The lowest BCUT2D eigenvalue weighted by atomic mass is 10.3. The second-order valence-corrected chi connectivity index (χ2v) is 5.59. The zero-order chi connectivity index (χ0) is 12.3. The molecule has 1 aliphatic rings. The van der Waals surface area contributed by atoms with E-state index in [2.05, 4.69) is 26.9 Å². The minimum Gasteiger partial charge on any atom is -0.335 e. The van der Waals surface area contributed by atoms with Gasteiger partial charge in [0.25, 0.3) is 5.91 Å². The molecule has 6 heteroatoms. The number of thiophene rings is 1. The van der Waals surface area contributed by atoms with Crippen molar-refractivity contribution in [2.45, 2.75) is 0 Å². The van der Waals surface area contributed by atoms with E-state index in [4.69, 9.17) is 5.26 Å².